The Morgan fingerprint density at radius 2 is 1.95 bits per heavy atom. The molecule has 1 unspecified atom stereocenters. The van der Waals surface area contributed by atoms with Crippen molar-refractivity contribution in [3.05, 3.63) is 89.6 Å². The van der Waals surface area contributed by atoms with Gasteiger partial charge < -0.3 is 25.2 Å². The number of carbonyl (C=O) groups is 1. The van der Waals surface area contributed by atoms with Crippen LogP contribution < -0.4 is 21.0 Å². The van der Waals surface area contributed by atoms with Gasteiger partial charge in [-0.25, -0.2) is 9.37 Å². The number of halogens is 1. The molecule has 1 aliphatic rings. The molecule has 3 heterocycles. The Kier molecular flexibility index (Phi) is 7.85. The van der Waals surface area contributed by atoms with Gasteiger partial charge in [0.25, 0.3) is 0 Å². The molecule has 4 aromatic rings. The number of benzene rings is 2. The molecule has 2 aromatic carbocycles. The van der Waals surface area contributed by atoms with Crippen LogP contribution in [0.25, 0.3) is 16.7 Å². The summed E-state index contributed by atoms with van der Waals surface area (Å²) in [5.41, 5.74) is 2.32. The molecule has 1 amide bonds. The minimum atomic E-state index is -0.393. The van der Waals surface area contributed by atoms with E-state index in [0.29, 0.717) is 53.4 Å². The lowest BCUT2D eigenvalue weighted by molar-refractivity contribution is -0.111. The highest BCUT2D eigenvalue weighted by Crippen LogP contribution is 2.26. The van der Waals surface area contributed by atoms with Gasteiger partial charge >= 0.3 is 0 Å². The number of nitrogens with zero attached hydrogens (tertiary/aromatic N) is 5. The highest BCUT2D eigenvalue weighted by Gasteiger charge is 2.20. The van der Waals surface area contributed by atoms with E-state index in [-0.39, 0.29) is 23.1 Å². The van der Waals surface area contributed by atoms with E-state index in [1.807, 2.05) is 11.0 Å². The Bertz CT molecular complexity index is 1610. The van der Waals surface area contributed by atoms with Crippen molar-refractivity contribution in [1.29, 1.82) is 0 Å². The van der Waals surface area contributed by atoms with Crippen LogP contribution in [0.5, 0.6) is 0 Å². The number of piperazine rings is 1. The Labute approximate surface area is 230 Å². The van der Waals surface area contributed by atoms with Crippen LogP contribution >= 0.6 is 0 Å². The van der Waals surface area contributed by atoms with E-state index in [0.717, 1.165) is 13.1 Å². The first kappa shape index (κ1) is 27.0. The van der Waals surface area contributed by atoms with E-state index < -0.39 is 6.10 Å². The summed E-state index contributed by atoms with van der Waals surface area (Å²) in [6, 6.07) is 13.4. The number of fused-ring (bicyclic) bond motifs is 1. The number of aliphatic hydroxyl groups excluding tert-OH is 1. The van der Waals surface area contributed by atoms with E-state index in [4.69, 9.17) is 0 Å². The lowest BCUT2D eigenvalue weighted by atomic mass is 10.2. The molecular weight excluding hydrogens is 513 g/mol. The molecule has 0 aliphatic carbocycles. The summed E-state index contributed by atoms with van der Waals surface area (Å²) < 4.78 is 16.8. The van der Waals surface area contributed by atoms with Gasteiger partial charge in [-0.2, -0.15) is 4.98 Å². The standard InChI is InChI=1S/C29H30FN7O3/c1-3-27(40)32-20-5-4-6-22(15-20)37-10-9-26(39)23-17-31-29(34-28(23)37)33-21-7-8-25(24(30)16-21)36-13-11-35(12-14-36)18-19(2)38/h3-10,15-17,19,38H,1,11-14,18H2,2H3,(H,32,40)(H,31,33,34). The van der Waals surface area contributed by atoms with E-state index >= 15 is 4.39 Å². The number of β-amino-alcohol motifs (C(OH)–C–C–N with tert-alkyl or cyclic N) is 1. The fourth-order valence-electron chi connectivity index (χ4n) is 4.74. The van der Waals surface area contributed by atoms with Crippen LogP contribution in [0.4, 0.5) is 27.4 Å². The number of hydrogen-bond acceptors (Lipinski definition) is 8. The van der Waals surface area contributed by atoms with Crippen LogP contribution in [0.2, 0.25) is 0 Å². The first-order chi connectivity index (χ1) is 19.3. The normalized spacial score (nSPS) is 14.6. The Morgan fingerprint density at radius 1 is 1.15 bits per heavy atom. The smallest absolute Gasteiger partial charge is 0.247 e. The summed E-state index contributed by atoms with van der Waals surface area (Å²) in [6.07, 6.45) is 3.83. The van der Waals surface area contributed by atoms with Gasteiger partial charge in [0.05, 0.1) is 17.2 Å². The molecule has 0 radical (unpaired) electrons. The fourth-order valence-corrected chi connectivity index (χ4v) is 4.74. The van der Waals surface area contributed by atoms with Crippen molar-refractivity contribution in [2.75, 3.05) is 48.3 Å². The number of aromatic nitrogens is 3. The molecule has 0 saturated carbocycles. The van der Waals surface area contributed by atoms with Crippen molar-refractivity contribution in [3.63, 3.8) is 0 Å². The molecule has 0 spiro atoms. The zero-order chi connectivity index (χ0) is 28.2. The zero-order valence-electron chi connectivity index (χ0n) is 22.0. The lowest BCUT2D eigenvalue weighted by Gasteiger charge is -2.36. The van der Waals surface area contributed by atoms with Crippen LogP contribution in [0.3, 0.4) is 0 Å². The second-order valence-electron chi connectivity index (χ2n) is 9.65. The minimum absolute atomic E-state index is 0.196. The van der Waals surface area contributed by atoms with E-state index in [1.165, 1.54) is 24.4 Å². The topological polar surface area (TPSA) is 116 Å². The number of nitrogens with one attached hydrogen (secondary N) is 2. The average Bonchev–Trinajstić information content (AvgIpc) is 2.94. The van der Waals surface area contributed by atoms with Gasteiger partial charge in [0, 0.05) is 68.2 Å². The summed E-state index contributed by atoms with van der Waals surface area (Å²) >= 11 is 0. The van der Waals surface area contributed by atoms with Crippen molar-refractivity contribution < 1.29 is 14.3 Å². The largest absolute Gasteiger partial charge is 0.392 e. The van der Waals surface area contributed by atoms with Gasteiger partial charge in [0.15, 0.2) is 11.1 Å². The Hall–Kier alpha value is -4.61. The second-order valence-corrected chi connectivity index (χ2v) is 9.65. The Balaban J connectivity index is 1.38. The van der Waals surface area contributed by atoms with Gasteiger partial charge in [-0.15, -0.1) is 0 Å². The van der Waals surface area contributed by atoms with Gasteiger partial charge in [-0.3, -0.25) is 14.5 Å². The van der Waals surface area contributed by atoms with Crippen LogP contribution in [-0.4, -0.2) is 69.3 Å². The van der Waals surface area contributed by atoms with Crippen LogP contribution in [0.1, 0.15) is 6.92 Å². The van der Waals surface area contributed by atoms with E-state index in [1.54, 1.807) is 48.0 Å². The molecule has 2 aromatic heterocycles. The molecule has 5 rings (SSSR count). The van der Waals surface area contributed by atoms with Crippen molar-refractivity contribution in [1.82, 2.24) is 19.4 Å². The monoisotopic (exact) mass is 543 g/mol. The molecule has 1 atom stereocenters. The predicted molar refractivity (Wildman–Crippen MR) is 154 cm³/mol. The van der Waals surface area contributed by atoms with Crippen LogP contribution in [0, 0.1) is 5.82 Å². The fraction of sp³-hybridized carbons (Fsp3) is 0.241. The average molecular weight is 544 g/mol. The highest BCUT2D eigenvalue weighted by molar-refractivity contribution is 5.99. The molecule has 0 bridgehead atoms. The van der Waals surface area contributed by atoms with Crippen LogP contribution in [0.15, 0.2) is 78.4 Å². The third-order valence-corrected chi connectivity index (χ3v) is 6.65. The van der Waals surface area contributed by atoms with Crippen molar-refractivity contribution in [2.45, 2.75) is 13.0 Å². The summed E-state index contributed by atoms with van der Waals surface area (Å²) in [5.74, 6) is -0.514. The number of aliphatic hydroxyl groups is 1. The number of hydrogen-bond donors (Lipinski definition) is 3. The molecule has 1 fully saturated rings. The number of pyridine rings is 1. The van der Waals surface area contributed by atoms with Crippen molar-refractivity contribution in [3.8, 4) is 5.69 Å². The molecule has 1 aliphatic heterocycles. The Morgan fingerprint density at radius 3 is 2.67 bits per heavy atom. The van der Waals surface area contributed by atoms with Crippen LogP contribution in [-0.2, 0) is 4.79 Å². The van der Waals surface area contributed by atoms with E-state index in [9.17, 15) is 14.7 Å². The molecule has 11 heteroatoms. The van der Waals surface area contributed by atoms with Crippen molar-refractivity contribution >= 4 is 40.0 Å². The summed E-state index contributed by atoms with van der Waals surface area (Å²) in [7, 11) is 0. The maximum atomic E-state index is 15.1. The molecular formula is C29H30FN7O3. The molecule has 3 N–H and O–H groups in total. The third kappa shape index (κ3) is 6.00. The summed E-state index contributed by atoms with van der Waals surface area (Å²) in [4.78, 5) is 37.3. The SMILES string of the molecule is C=CC(=O)Nc1cccc(-n2ccc(=O)c3cnc(Nc4ccc(N5CCN(CC(C)O)CC5)c(F)c4)nc32)c1. The van der Waals surface area contributed by atoms with Gasteiger partial charge in [-0.05, 0) is 49.4 Å². The number of rotatable bonds is 8. The predicted octanol–water partition coefficient (Wildman–Crippen LogP) is 3.29. The van der Waals surface area contributed by atoms with Crippen molar-refractivity contribution in [2.24, 2.45) is 0 Å². The summed E-state index contributed by atoms with van der Waals surface area (Å²) in [6.45, 7) is 8.67. The number of amides is 1. The molecule has 10 nitrogen and oxygen atoms in total. The first-order valence-corrected chi connectivity index (χ1v) is 12.9. The van der Waals surface area contributed by atoms with Gasteiger partial charge in [0.2, 0.25) is 11.9 Å². The molecule has 40 heavy (non-hydrogen) atoms. The van der Waals surface area contributed by atoms with Gasteiger partial charge in [-0.1, -0.05) is 12.6 Å². The number of anilines is 4. The maximum absolute atomic E-state index is 15.1. The second kappa shape index (κ2) is 11.6. The molecule has 1 saturated heterocycles. The minimum Gasteiger partial charge on any atom is -0.392 e. The quantitative estimate of drug-likeness (QED) is 0.290. The van der Waals surface area contributed by atoms with E-state index in [2.05, 4.69) is 32.1 Å². The number of carbonyl (C=O) groups excluding carboxylic acids is 1. The highest BCUT2D eigenvalue weighted by atomic mass is 19.1. The maximum Gasteiger partial charge on any atom is 0.247 e. The first-order valence-electron chi connectivity index (χ1n) is 12.9. The zero-order valence-corrected chi connectivity index (χ0v) is 22.0. The third-order valence-electron chi connectivity index (χ3n) is 6.65. The molecule has 206 valence electrons. The summed E-state index contributed by atoms with van der Waals surface area (Å²) in [5, 5.41) is 15.7. The lowest BCUT2D eigenvalue weighted by Crippen LogP contribution is -2.48. The van der Waals surface area contributed by atoms with Gasteiger partial charge in [0.1, 0.15) is 5.82 Å².